The minimum absolute atomic E-state index is 0.125. The van der Waals surface area contributed by atoms with Crippen molar-refractivity contribution in [1.29, 1.82) is 0 Å². The summed E-state index contributed by atoms with van der Waals surface area (Å²) in [5, 5.41) is 14.1. The highest BCUT2D eigenvalue weighted by atomic mass is 16.3. The lowest BCUT2D eigenvalue weighted by atomic mass is 10.1. The van der Waals surface area contributed by atoms with Crippen molar-refractivity contribution in [3.63, 3.8) is 0 Å². The lowest BCUT2D eigenvalue weighted by Gasteiger charge is -2.19. The van der Waals surface area contributed by atoms with Crippen LogP contribution in [0.1, 0.15) is 24.4 Å². The van der Waals surface area contributed by atoms with E-state index in [0.717, 1.165) is 0 Å². The Morgan fingerprint density at radius 2 is 2.17 bits per heavy atom. The predicted octanol–water partition coefficient (Wildman–Crippen LogP) is 0.143. The average molecular weight is 254 g/mol. The number of carbonyl (C=O) groups excluding carboxylic acids is 2. The predicted molar refractivity (Wildman–Crippen MR) is 64.9 cm³/mol. The van der Waals surface area contributed by atoms with Crippen LogP contribution in [0.25, 0.3) is 0 Å². The molecule has 0 aliphatic heterocycles. The number of aliphatic hydroxyl groups is 1. The molecule has 1 heterocycles. The Morgan fingerprint density at radius 3 is 2.67 bits per heavy atom. The molecule has 18 heavy (non-hydrogen) atoms. The minimum Gasteiger partial charge on any atom is -0.459 e. The van der Waals surface area contributed by atoms with Crippen molar-refractivity contribution in [2.75, 3.05) is 13.2 Å². The van der Waals surface area contributed by atoms with Crippen LogP contribution in [0, 0.1) is 5.92 Å². The second-order valence-electron chi connectivity index (χ2n) is 4.26. The molecule has 0 radical (unpaired) electrons. The van der Waals surface area contributed by atoms with Crippen LogP contribution in [0.4, 0.5) is 0 Å². The highest BCUT2D eigenvalue weighted by Crippen LogP contribution is 2.00. The van der Waals surface area contributed by atoms with Gasteiger partial charge in [0.15, 0.2) is 5.76 Å². The van der Waals surface area contributed by atoms with E-state index in [1.165, 1.54) is 12.3 Å². The number of hydrogen-bond acceptors (Lipinski definition) is 4. The monoisotopic (exact) mass is 254 g/mol. The Hall–Kier alpha value is -1.82. The van der Waals surface area contributed by atoms with Gasteiger partial charge in [0, 0.05) is 0 Å². The van der Waals surface area contributed by atoms with E-state index in [2.05, 4.69) is 10.6 Å². The van der Waals surface area contributed by atoms with Crippen molar-refractivity contribution in [3.8, 4) is 0 Å². The molecule has 1 aromatic rings. The van der Waals surface area contributed by atoms with Gasteiger partial charge >= 0.3 is 0 Å². The summed E-state index contributed by atoms with van der Waals surface area (Å²) in [6.07, 6.45) is 1.38. The molecule has 0 spiro atoms. The van der Waals surface area contributed by atoms with E-state index in [9.17, 15) is 9.59 Å². The van der Waals surface area contributed by atoms with Crippen LogP contribution in [-0.2, 0) is 4.79 Å². The molecule has 3 N–H and O–H groups in total. The third-order valence-corrected chi connectivity index (χ3v) is 2.50. The van der Waals surface area contributed by atoms with Gasteiger partial charge in [-0.3, -0.25) is 9.59 Å². The molecule has 0 aliphatic rings. The van der Waals surface area contributed by atoms with Crippen LogP contribution in [0.2, 0.25) is 0 Å². The lowest BCUT2D eigenvalue weighted by molar-refractivity contribution is -0.121. The van der Waals surface area contributed by atoms with E-state index >= 15 is 0 Å². The van der Waals surface area contributed by atoms with Crippen LogP contribution < -0.4 is 10.6 Å². The molecule has 1 rings (SSSR count). The van der Waals surface area contributed by atoms with E-state index in [4.69, 9.17) is 9.52 Å². The van der Waals surface area contributed by atoms with Crippen LogP contribution >= 0.6 is 0 Å². The summed E-state index contributed by atoms with van der Waals surface area (Å²) in [7, 11) is 0. The highest BCUT2D eigenvalue weighted by Gasteiger charge is 2.16. The third kappa shape index (κ3) is 4.21. The molecular weight excluding hydrogens is 236 g/mol. The average Bonchev–Trinajstić information content (AvgIpc) is 2.86. The Labute approximate surface area is 105 Å². The summed E-state index contributed by atoms with van der Waals surface area (Å²) in [4.78, 5) is 23.0. The fraction of sp³-hybridized carbons (Fsp3) is 0.500. The number of carbonyl (C=O) groups is 2. The topological polar surface area (TPSA) is 91.6 Å². The van der Waals surface area contributed by atoms with Crippen LogP contribution in [-0.4, -0.2) is 36.1 Å². The van der Waals surface area contributed by atoms with Crippen molar-refractivity contribution >= 4 is 11.8 Å². The van der Waals surface area contributed by atoms with Gasteiger partial charge in [-0.15, -0.1) is 0 Å². The number of nitrogens with one attached hydrogen (secondary N) is 2. The maximum atomic E-state index is 11.5. The Morgan fingerprint density at radius 1 is 1.44 bits per heavy atom. The summed E-state index contributed by atoms with van der Waals surface area (Å²) in [6.45, 7) is 3.50. The van der Waals surface area contributed by atoms with E-state index < -0.39 is 5.91 Å². The quantitative estimate of drug-likeness (QED) is 0.673. The van der Waals surface area contributed by atoms with E-state index in [0.29, 0.717) is 0 Å². The molecule has 0 aromatic carbocycles. The first-order chi connectivity index (χ1) is 8.54. The number of aliphatic hydroxyl groups excluding tert-OH is 1. The smallest absolute Gasteiger partial charge is 0.287 e. The molecule has 2 amide bonds. The molecule has 0 fully saturated rings. The van der Waals surface area contributed by atoms with Crippen molar-refractivity contribution < 1.29 is 19.1 Å². The van der Waals surface area contributed by atoms with Gasteiger partial charge in [0.05, 0.1) is 25.5 Å². The summed E-state index contributed by atoms with van der Waals surface area (Å²) in [5.74, 6) is -0.506. The van der Waals surface area contributed by atoms with E-state index in [1.807, 2.05) is 13.8 Å². The molecule has 100 valence electrons. The summed E-state index contributed by atoms with van der Waals surface area (Å²) in [6, 6.07) is 2.80. The van der Waals surface area contributed by atoms with Crippen LogP contribution in [0.5, 0.6) is 0 Å². The maximum Gasteiger partial charge on any atom is 0.287 e. The number of amides is 2. The van der Waals surface area contributed by atoms with Crippen molar-refractivity contribution in [3.05, 3.63) is 24.2 Å². The van der Waals surface area contributed by atoms with Crippen molar-refractivity contribution in [2.24, 2.45) is 5.92 Å². The Balaban J connectivity index is 2.35. The second-order valence-corrected chi connectivity index (χ2v) is 4.26. The van der Waals surface area contributed by atoms with Crippen molar-refractivity contribution in [1.82, 2.24) is 10.6 Å². The first-order valence-electron chi connectivity index (χ1n) is 5.76. The second kappa shape index (κ2) is 6.80. The van der Waals surface area contributed by atoms with Gasteiger partial charge in [0.2, 0.25) is 5.91 Å². The SMILES string of the molecule is CC(C)[C@@H](CO)NC(=O)CNC(=O)c1ccco1. The zero-order valence-corrected chi connectivity index (χ0v) is 10.5. The summed E-state index contributed by atoms with van der Waals surface area (Å²) >= 11 is 0. The normalized spacial score (nSPS) is 12.2. The molecule has 1 aromatic heterocycles. The molecule has 6 nitrogen and oxygen atoms in total. The standard InChI is InChI=1S/C12H18N2O4/c1-8(2)9(7-15)14-11(16)6-13-12(17)10-4-3-5-18-10/h3-5,8-9,15H,6-7H2,1-2H3,(H,13,17)(H,14,16)/t9-/m1/s1. The fourth-order valence-electron chi connectivity index (χ4n) is 1.34. The first kappa shape index (κ1) is 14.2. The van der Waals surface area contributed by atoms with Gasteiger partial charge in [-0.1, -0.05) is 13.8 Å². The van der Waals surface area contributed by atoms with Gasteiger partial charge in [-0.05, 0) is 18.1 Å². The van der Waals surface area contributed by atoms with Crippen molar-refractivity contribution in [2.45, 2.75) is 19.9 Å². The summed E-state index contributed by atoms with van der Waals surface area (Å²) < 4.78 is 4.88. The van der Waals surface area contributed by atoms with Crippen LogP contribution in [0.15, 0.2) is 22.8 Å². The van der Waals surface area contributed by atoms with Gasteiger partial charge in [-0.25, -0.2) is 0 Å². The Bertz CT molecular complexity index is 387. The van der Waals surface area contributed by atoms with Gasteiger partial charge in [0.1, 0.15) is 0 Å². The fourth-order valence-corrected chi connectivity index (χ4v) is 1.34. The highest BCUT2D eigenvalue weighted by molar-refractivity contribution is 5.94. The molecule has 0 unspecified atom stereocenters. The van der Waals surface area contributed by atoms with Gasteiger partial charge in [-0.2, -0.15) is 0 Å². The van der Waals surface area contributed by atoms with Gasteiger partial charge in [0.25, 0.3) is 5.91 Å². The first-order valence-corrected chi connectivity index (χ1v) is 5.76. The van der Waals surface area contributed by atoms with Crippen LogP contribution in [0.3, 0.4) is 0 Å². The maximum absolute atomic E-state index is 11.5. The number of furan rings is 1. The summed E-state index contributed by atoms with van der Waals surface area (Å²) in [5.41, 5.74) is 0. The molecule has 0 saturated carbocycles. The molecule has 6 heteroatoms. The molecule has 0 saturated heterocycles. The number of hydrogen-bond donors (Lipinski definition) is 3. The molecule has 1 atom stereocenters. The number of rotatable bonds is 6. The zero-order chi connectivity index (χ0) is 13.5. The molecular formula is C12H18N2O4. The van der Waals surface area contributed by atoms with Gasteiger partial charge < -0.3 is 20.2 Å². The van der Waals surface area contributed by atoms with E-state index in [-0.39, 0.29) is 36.8 Å². The minimum atomic E-state index is -0.444. The largest absolute Gasteiger partial charge is 0.459 e. The molecule has 0 aliphatic carbocycles. The lowest BCUT2D eigenvalue weighted by Crippen LogP contribution is -2.45. The molecule has 0 bridgehead atoms. The Kier molecular flexibility index (Phi) is 5.38. The third-order valence-electron chi connectivity index (χ3n) is 2.50. The zero-order valence-electron chi connectivity index (χ0n) is 10.5. The van der Waals surface area contributed by atoms with E-state index in [1.54, 1.807) is 6.07 Å².